The Bertz CT molecular complexity index is 919. The lowest BCUT2D eigenvalue weighted by atomic mass is 9.94. The predicted octanol–water partition coefficient (Wildman–Crippen LogP) is 11.9. The first-order valence-electron chi connectivity index (χ1n) is 24.9. The van der Waals surface area contributed by atoms with Gasteiger partial charge in [-0.05, 0) is 57.5 Å². The largest absolute Gasteiger partial charge is 0.465 e. The fraction of sp³-hybridized carbons (Fsp3) is 0.939. The molecule has 0 aliphatic carbocycles. The molecule has 9 nitrogen and oxygen atoms in total. The molecule has 0 amide bonds. The SMILES string of the molecule is CCCCCCCCC(CCCCCC)COC(=O)CCCCCN(CCC(=O)OCCOC(=O)C(CCCCCC)CCCCCCCC)CCN(CC)CCO. The Kier molecular flexibility index (Phi) is 42.1. The molecule has 344 valence electrons. The Morgan fingerprint density at radius 2 is 0.914 bits per heavy atom. The van der Waals surface area contributed by atoms with Crippen molar-refractivity contribution in [2.75, 3.05) is 65.7 Å². The zero-order valence-corrected chi connectivity index (χ0v) is 39.0. The Hall–Kier alpha value is -1.71. The zero-order chi connectivity index (χ0) is 42.7. The molecule has 0 aromatic carbocycles. The van der Waals surface area contributed by atoms with Crippen LogP contribution in [0.2, 0.25) is 0 Å². The fourth-order valence-corrected chi connectivity index (χ4v) is 7.74. The summed E-state index contributed by atoms with van der Waals surface area (Å²) in [4.78, 5) is 42.9. The molecule has 1 N–H and O–H groups in total. The highest BCUT2D eigenvalue weighted by molar-refractivity contribution is 5.72. The summed E-state index contributed by atoms with van der Waals surface area (Å²) < 4.78 is 16.9. The minimum absolute atomic E-state index is 0.0661. The molecule has 0 saturated heterocycles. The van der Waals surface area contributed by atoms with Crippen LogP contribution in [0.15, 0.2) is 0 Å². The highest BCUT2D eigenvalue weighted by Crippen LogP contribution is 2.22. The standard InChI is InChI=1S/C49H96N2O7/c1-6-11-15-19-21-25-31-45(30-24-17-13-8-3)44-58-47(53)34-28-23-29-36-51(39-38-50(10-5)40-41-52)37-35-48(54)56-42-43-57-49(55)46(32-26-18-14-9-4)33-27-22-20-16-12-7-2/h45-46,52H,6-44H2,1-5H3. The summed E-state index contributed by atoms with van der Waals surface area (Å²) in [5.74, 6) is -0.0875. The van der Waals surface area contributed by atoms with Crippen molar-refractivity contribution < 1.29 is 33.7 Å². The summed E-state index contributed by atoms with van der Waals surface area (Å²) in [5.41, 5.74) is 0. The van der Waals surface area contributed by atoms with Crippen LogP contribution in [0.4, 0.5) is 0 Å². The van der Waals surface area contributed by atoms with Gasteiger partial charge in [-0.1, -0.05) is 169 Å². The molecular formula is C49H96N2O7. The summed E-state index contributed by atoms with van der Waals surface area (Å²) in [6, 6.07) is 0. The van der Waals surface area contributed by atoms with Crippen LogP contribution in [0.25, 0.3) is 0 Å². The molecule has 9 heteroatoms. The smallest absolute Gasteiger partial charge is 0.309 e. The number of likely N-dealkylation sites (N-methyl/N-ethyl adjacent to an activating group) is 1. The van der Waals surface area contributed by atoms with Crippen molar-refractivity contribution in [3.8, 4) is 0 Å². The molecule has 0 rings (SSSR count). The van der Waals surface area contributed by atoms with E-state index in [1.807, 2.05) is 0 Å². The number of carbonyl (C=O) groups excluding carboxylic acids is 3. The van der Waals surface area contributed by atoms with E-state index < -0.39 is 0 Å². The van der Waals surface area contributed by atoms with Gasteiger partial charge in [0.1, 0.15) is 13.2 Å². The van der Waals surface area contributed by atoms with Gasteiger partial charge < -0.3 is 29.1 Å². The molecule has 0 aliphatic rings. The summed E-state index contributed by atoms with van der Waals surface area (Å²) in [7, 11) is 0. The van der Waals surface area contributed by atoms with Crippen molar-refractivity contribution in [1.29, 1.82) is 0 Å². The first-order valence-corrected chi connectivity index (χ1v) is 24.9. The maximum atomic E-state index is 13.0. The van der Waals surface area contributed by atoms with Crippen LogP contribution >= 0.6 is 0 Å². The van der Waals surface area contributed by atoms with Crippen LogP contribution in [0.5, 0.6) is 0 Å². The van der Waals surface area contributed by atoms with Crippen molar-refractivity contribution in [2.24, 2.45) is 11.8 Å². The molecule has 0 fully saturated rings. The van der Waals surface area contributed by atoms with Gasteiger partial charge in [0.25, 0.3) is 0 Å². The second-order valence-electron chi connectivity index (χ2n) is 17.0. The van der Waals surface area contributed by atoms with E-state index in [0.29, 0.717) is 32.0 Å². The van der Waals surface area contributed by atoms with E-state index in [0.717, 1.165) is 90.4 Å². The Morgan fingerprint density at radius 3 is 1.47 bits per heavy atom. The number of carbonyl (C=O) groups is 3. The van der Waals surface area contributed by atoms with Crippen molar-refractivity contribution in [3.63, 3.8) is 0 Å². The van der Waals surface area contributed by atoms with E-state index in [-0.39, 0.29) is 50.1 Å². The third kappa shape index (κ3) is 36.2. The maximum Gasteiger partial charge on any atom is 0.309 e. The summed E-state index contributed by atoms with van der Waals surface area (Å²) >= 11 is 0. The van der Waals surface area contributed by atoms with Crippen molar-refractivity contribution in [3.05, 3.63) is 0 Å². The zero-order valence-electron chi connectivity index (χ0n) is 39.0. The van der Waals surface area contributed by atoms with E-state index in [1.165, 1.54) is 109 Å². The van der Waals surface area contributed by atoms with Gasteiger partial charge in [0, 0.05) is 32.6 Å². The number of unbranched alkanes of at least 4 members (excludes halogenated alkanes) is 18. The average molecular weight is 825 g/mol. The molecule has 58 heavy (non-hydrogen) atoms. The van der Waals surface area contributed by atoms with Crippen LogP contribution in [-0.4, -0.2) is 98.5 Å². The third-order valence-corrected chi connectivity index (χ3v) is 11.7. The van der Waals surface area contributed by atoms with Gasteiger partial charge in [0.2, 0.25) is 0 Å². The van der Waals surface area contributed by atoms with Crippen molar-refractivity contribution in [1.82, 2.24) is 9.80 Å². The summed E-state index contributed by atoms with van der Waals surface area (Å²) in [6.07, 6.45) is 32.0. The lowest BCUT2D eigenvalue weighted by Crippen LogP contribution is -2.38. The third-order valence-electron chi connectivity index (χ3n) is 11.7. The second-order valence-corrected chi connectivity index (χ2v) is 17.0. The van der Waals surface area contributed by atoms with Crippen LogP contribution in [0.1, 0.15) is 221 Å². The van der Waals surface area contributed by atoms with Crippen LogP contribution < -0.4 is 0 Å². The number of esters is 3. The van der Waals surface area contributed by atoms with Gasteiger partial charge in [-0.25, -0.2) is 0 Å². The molecule has 0 aromatic heterocycles. The Morgan fingerprint density at radius 1 is 0.448 bits per heavy atom. The molecule has 0 spiro atoms. The number of rotatable bonds is 45. The van der Waals surface area contributed by atoms with Gasteiger partial charge >= 0.3 is 17.9 Å². The number of aliphatic hydroxyl groups is 1. The molecule has 2 unspecified atom stereocenters. The van der Waals surface area contributed by atoms with Crippen molar-refractivity contribution in [2.45, 2.75) is 221 Å². The molecule has 0 heterocycles. The number of ether oxygens (including phenoxy) is 3. The van der Waals surface area contributed by atoms with E-state index in [1.54, 1.807) is 0 Å². The van der Waals surface area contributed by atoms with Gasteiger partial charge in [-0.2, -0.15) is 0 Å². The lowest BCUT2D eigenvalue weighted by Gasteiger charge is -2.26. The molecule has 2 atom stereocenters. The van der Waals surface area contributed by atoms with Gasteiger partial charge in [0.05, 0.1) is 25.6 Å². The first-order chi connectivity index (χ1) is 28.3. The molecule has 0 saturated carbocycles. The molecule has 0 radical (unpaired) electrons. The second kappa shape index (κ2) is 43.4. The minimum Gasteiger partial charge on any atom is -0.465 e. The van der Waals surface area contributed by atoms with Crippen molar-refractivity contribution >= 4 is 17.9 Å². The molecule has 0 aliphatic heterocycles. The highest BCUT2D eigenvalue weighted by atomic mass is 16.6. The minimum atomic E-state index is -0.283. The van der Waals surface area contributed by atoms with Gasteiger partial charge in [-0.3, -0.25) is 14.4 Å². The first kappa shape index (κ1) is 56.3. The van der Waals surface area contributed by atoms with Crippen LogP contribution in [-0.2, 0) is 28.6 Å². The quantitative estimate of drug-likeness (QED) is 0.0365. The topological polar surface area (TPSA) is 106 Å². The summed E-state index contributed by atoms with van der Waals surface area (Å²) in [6.45, 7) is 16.4. The number of hydrogen-bond donors (Lipinski definition) is 1. The molecular weight excluding hydrogens is 729 g/mol. The number of nitrogens with zero attached hydrogens (tertiary/aromatic N) is 2. The Labute approximate surface area is 358 Å². The summed E-state index contributed by atoms with van der Waals surface area (Å²) in [5, 5.41) is 9.47. The van der Waals surface area contributed by atoms with Gasteiger partial charge in [-0.15, -0.1) is 0 Å². The lowest BCUT2D eigenvalue weighted by molar-refractivity contribution is -0.155. The average Bonchev–Trinajstić information content (AvgIpc) is 3.22. The number of hydrogen-bond acceptors (Lipinski definition) is 9. The van der Waals surface area contributed by atoms with E-state index in [9.17, 15) is 19.5 Å². The van der Waals surface area contributed by atoms with E-state index >= 15 is 0 Å². The maximum absolute atomic E-state index is 13.0. The fourth-order valence-electron chi connectivity index (χ4n) is 7.74. The van der Waals surface area contributed by atoms with E-state index in [2.05, 4.69) is 44.4 Å². The monoisotopic (exact) mass is 825 g/mol. The molecule has 0 bridgehead atoms. The highest BCUT2D eigenvalue weighted by Gasteiger charge is 2.20. The van der Waals surface area contributed by atoms with E-state index in [4.69, 9.17) is 14.2 Å². The predicted molar refractivity (Wildman–Crippen MR) is 242 cm³/mol. The normalized spacial score (nSPS) is 12.6. The van der Waals surface area contributed by atoms with Crippen LogP contribution in [0.3, 0.4) is 0 Å². The number of aliphatic hydroxyl groups excluding tert-OH is 1. The Balaban J connectivity index is 4.74. The van der Waals surface area contributed by atoms with Gasteiger partial charge in [0.15, 0.2) is 0 Å². The van der Waals surface area contributed by atoms with Crippen LogP contribution in [0, 0.1) is 11.8 Å². The molecule has 0 aromatic rings.